The number of rotatable bonds is 7. The molecule has 0 bridgehead atoms. The largest absolute Gasteiger partial charge is 0.477 e. The van der Waals surface area contributed by atoms with Crippen LogP contribution in [0.25, 0.3) is 0 Å². The molecule has 0 amide bonds. The predicted octanol–water partition coefficient (Wildman–Crippen LogP) is 3.73. The van der Waals surface area contributed by atoms with E-state index in [-0.39, 0.29) is 5.92 Å². The molecule has 4 nitrogen and oxygen atoms in total. The van der Waals surface area contributed by atoms with Gasteiger partial charge in [0.25, 0.3) is 0 Å². The average molecular weight is 282 g/mol. The van der Waals surface area contributed by atoms with Crippen LogP contribution in [0.15, 0.2) is 0 Å². The van der Waals surface area contributed by atoms with Crippen LogP contribution in [0.4, 0.5) is 5.13 Å². The lowest BCUT2D eigenvalue weighted by atomic mass is 10.1. The molecule has 1 fully saturated rings. The lowest BCUT2D eigenvalue weighted by Gasteiger charge is -2.21. The molecular weight excluding hydrogens is 260 g/mol. The second-order valence-corrected chi connectivity index (χ2v) is 6.43. The molecule has 2 rings (SSSR count). The smallest absolute Gasteiger partial charge is 0.347 e. The fraction of sp³-hybridized carbons (Fsp3) is 0.714. The minimum absolute atomic E-state index is 0.156. The van der Waals surface area contributed by atoms with Gasteiger partial charge in [-0.1, -0.05) is 38.5 Å². The van der Waals surface area contributed by atoms with Gasteiger partial charge in [0.05, 0.1) is 5.69 Å². The number of carboxylic acid groups (broad SMARTS) is 1. The maximum atomic E-state index is 11.3. The minimum atomic E-state index is -0.848. The van der Waals surface area contributed by atoms with Crippen LogP contribution in [0, 0.1) is 0 Å². The second-order valence-electron chi connectivity index (χ2n) is 5.45. The van der Waals surface area contributed by atoms with E-state index < -0.39 is 5.97 Å². The molecule has 0 unspecified atom stereocenters. The van der Waals surface area contributed by atoms with Crippen LogP contribution in [0.2, 0.25) is 0 Å². The van der Waals surface area contributed by atoms with Crippen LogP contribution in [0.3, 0.4) is 0 Å². The van der Waals surface area contributed by atoms with Crippen LogP contribution < -0.4 is 4.90 Å². The van der Waals surface area contributed by atoms with Gasteiger partial charge in [0.15, 0.2) is 5.13 Å². The quantitative estimate of drug-likeness (QED) is 0.828. The normalized spacial score (nSPS) is 14.9. The van der Waals surface area contributed by atoms with Crippen molar-refractivity contribution in [2.24, 2.45) is 0 Å². The number of thiazole rings is 1. The Morgan fingerprint density at radius 2 is 2.21 bits per heavy atom. The molecule has 1 aromatic rings. The highest BCUT2D eigenvalue weighted by Gasteiger charge is 2.32. The molecule has 1 aromatic heterocycles. The third-order valence-electron chi connectivity index (χ3n) is 3.37. The first-order valence-electron chi connectivity index (χ1n) is 7.05. The highest BCUT2D eigenvalue weighted by Crippen LogP contribution is 2.37. The van der Waals surface area contributed by atoms with E-state index in [9.17, 15) is 9.90 Å². The van der Waals surface area contributed by atoms with Crippen molar-refractivity contribution in [1.29, 1.82) is 0 Å². The Hall–Kier alpha value is -1.10. The number of unbranched alkanes of at least 4 members (excludes halogenated alkanes) is 1. The van der Waals surface area contributed by atoms with Crippen molar-refractivity contribution in [3.8, 4) is 0 Å². The number of carboxylic acids is 1. The number of carbonyl (C=O) groups is 1. The first-order chi connectivity index (χ1) is 9.04. The zero-order valence-electron chi connectivity index (χ0n) is 11.8. The molecule has 106 valence electrons. The van der Waals surface area contributed by atoms with E-state index in [1.807, 2.05) is 13.8 Å². The van der Waals surface area contributed by atoms with Gasteiger partial charge in [-0.25, -0.2) is 9.78 Å². The Bertz CT molecular complexity index is 452. The Kier molecular flexibility index (Phi) is 4.45. The van der Waals surface area contributed by atoms with Crippen LogP contribution in [0.5, 0.6) is 0 Å². The van der Waals surface area contributed by atoms with Crippen molar-refractivity contribution < 1.29 is 9.90 Å². The van der Waals surface area contributed by atoms with E-state index >= 15 is 0 Å². The summed E-state index contributed by atoms with van der Waals surface area (Å²) in [6.45, 7) is 7.16. The van der Waals surface area contributed by atoms with Crippen molar-refractivity contribution in [3.05, 3.63) is 10.6 Å². The van der Waals surface area contributed by atoms with Gasteiger partial charge in [-0.2, -0.15) is 0 Å². The number of nitrogens with zero attached hydrogens (tertiary/aromatic N) is 2. The summed E-state index contributed by atoms with van der Waals surface area (Å²) in [6, 6.07) is 0.583. The molecular formula is C14H22N2O2S. The van der Waals surface area contributed by atoms with Gasteiger partial charge in [0.2, 0.25) is 0 Å². The zero-order valence-corrected chi connectivity index (χ0v) is 12.7. The van der Waals surface area contributed by atoms with E-state index in [1.165, 1.54) is 24.2 Å². The molecule has 0 atom stereocenters. The average Bonchev–Trinajstić information content (AvgIpc) is 3.07. The van der Waals surface area contributed by atoms with Gasteiger partial charge >= 0.3 is 5.97 Å². The Labute approximate surface area is 118 Å². The van der Waals surface area contributed by atoms with Gasteiger partial charge in [0, 0.05) is 12.6 Å². The summed E-state index contributed by atoms with van der Waals surface area (Å²) in [7, 11) is 0. The predicted molar refractivity (Wildman–Crippen MR) is 78.4 cm³/mol. The number of aromatic carboxylic acids is 1. The van der Waals surface area contributed by atoms with Crippen LogP contribution in [-0.4, -0.2) is 28.6 Å². The van der Waals surface area contributed by atoms with Crippen LogP contribution in [0.1, 0.15) is 67.7 Å². The van der Waals surface area contributed by atoms with Gasteiger partial charge < -0.3 is 10.0 Å². The van der Waals surface area contributed by atoms with Gasteiger partial charge in [0.1, 0.15) is 4.88 Å². The lowest BCUT2D eigenvalue weighted by molar-refractivity contribution is 0.0700. The first-order valence-corrected chi connectivity index (χ1v) is 7.86. The molecule has 0 saturated heterocycles. The monoisotopic (exact) mass is 282 g/mol. The standard InChI is InChI=1S/C14H22N2O2S/c1-4-5-8-16(10-6-7-10)14-15-11(9(2)3)12(19-14)13(17)18/h9-10H,4-8H2,1-3H3,(H,17,18). The second kappa shape index (κ2) is 5.90. The summed E-state index contributed by atoms with van der Waals surface area (Å²) < 4.78 is 0. The number of hydrogen-bond acceptors (Lipinski definition) is 4. The van der Waals surface area contributed by atoms with E-state index in [1.54, 1.807) is 0 Å². The van der Waals surface area contributed by atoms with Crippen molar-refractivity contribution in [2.45, 2.75) is 58.4 Å². The fourth-order valence-corrected chi connectivity index (χ4v) is 3.29. The highest BCUT2D eigenvalue weighted by molar-refractivity contribution is 7.17. The van der Waals surface area contributed by atoms with Crippen molar-refractivity contribution in [1.82, 2.24) is 4.98 Å². The Morgan fingerprint density at radius 1 is 1.53 bits per heavy atom. The fourth-order valence-electron chi connectivity index (χ4n) is 2.14. The molecule has 1 aliphatic carbocycles. The van der Waals surface area contributed by atoms with Gasteiger partial charge in [-0.05, 0) is 25.2 Å². The summed E-state index contributed by atoms with van der Waals surface area (Å²) in [5.74, 6) is -0.693. The molecule has 0 aromatic carbocycles. The molecule has 1 N–H and O–H groups in total. The maximum absolute atomic E-state index is 11.3. The van der Waals surface area contributed by atoms with E-state index in [0.29, 0.717) is 10.9 Å². The van der Waals surface area contributed by atoms with Crippen LogP contribution in [-0.2, 0) is 0 Å². The van der Waals surface area contributed by atoms with Crippen molar-refractivity contribution >= 4 is 22.4 Å². The third-order valence-corrected chi connectivity index (χ3v) is 4.47. The summed E-state index contributed by atoms with van der Waals surface area (Å²) >= 11 is 1.34. The van der Waals surface area contributed by atoms with Crippen molar-refractivity contribution in [3.63, 3.8) is 0 Å². The number of aromatic nitrogens is 1. The Balaban J connectivity index is 2.26. The molecule has 0 radical (unpaired) electrons. The molecule has 0 spiro atoms. The molecule has 1 aliphatic rings. The van der Waals surface area contributed by atoms with E-state index in [4.69, 9.17) is 0 Å². The number of anilines is 1. The van der Waals surface area contributed by atoms with Crippen molar-refractivity contribution in [2.75, 3.05) is 11.4 Å². The highest BCUT2D eigenvalue weighted by atomic mass is 32.1. The summed E-state index contributed by atoms with van der Waals surface area (Å²) in [6.07, 6.45) is 4.71. The molecule has 1 heterocycles. The molecule has 0 aliphatic heterocycles. The number of hydrogen-bond donors (Lipinski definition) is 1. The van der Waals surface area contributed by atoms with Gasteiger partial charge in [-0.15, -0.1) is 0 Å². The first kappa shape index (κ1) is 14.3. The summed E-state index contributed by atoms with van der Waals surface area (Å²) in [5, 5.41) is 10.2. The third kappa shape index (κ3) is 3.26. The summed E-state index contributed by atoms with van der Waals surface area (Å²) in [5.41, 5.74) is 0.731. The summed E-state index contributed by atoms with van der Waals surface area (Å²) in [4.78, 5) is 18.6. The minimum Gasteiger partial charge on any atom is -0.477 e. The molecule has 5 heteroatoms. The SMILES string of the molecule is CCCCN(c1nc(C(C)C)c(C(=O)O)s1)C1CC1. The van der Waals surface area contributed by atoms with Crippen LogP contribution >= 0.6 is 11.3 Å². The molecule has 1 saturated carbocycles. The molecule has 19 heavy (non-hydrogen) atoms. The maximum Gasteiger partial charge on any atom is 0.347 e. The van der Waals surface area contributed by atoms with Gasteiger partial charge in [-0.3, -0.25) is 0 Å². The van der Waals surface area contributed by atoms with E-state index in [0.717, 1.165) is 30.2 Å². The Morgan fingerprint density at radius 3 is 2.63 bits per heavy atom. The lowest BCUT2D eigenvalue weighted by Crippen LogP contribution is -2.26. The zero-order chi connectivity index (χ0) is 14.0. The van der Waals surface area contributed by atoms with E-state index in [2.05, 4.69) is 16.8 Å². The topological polar surface area (TPSA) is 53.4 Å².